The Morgan fingerprint density at radius 1 is 1.20 bits per heavy atom. The van der Waals surface area contributed by atoms with Crippen molar-refractivity contribution >= 4 is 10.0 Å². The molecule has 0 saturated carbocycles. The fraction of sp³-hybridized carbons (Fsp3) is 0.571. The predicted octanol–water partition coefficient (Wildman–Crippen LogP) is 1.79. The molecule has 0 heterocycles. The molecule has 0 atom stereocenters. The Labute approximate surface area is 121 Å². The van der Waals surface area contributed by atoms with Crippen molar-refractivity contribution in [1.29, 1.82) is 0 Å². The Hall–Kier alpha value is -1.11. The first-order valence-electron chi connectivity index (χ1n) is 6.82. The van der Waals surface area contributed by atoms with E-state index in [4.69, 9.17) is 5.11 Å². The molecule has 0 unspecified atom stereocenters. The van der Waals surface area contributed by atoms with E-state index in [1.165, 1.54) is 24.3 Å². The van der Waals surface area contributed by atoms with Gasteiger partial charge in [0.1, 0.15) is 5.75 Å². The molecule has 114 valence electrons. The summed E-state index contributed by atoms with van der Waals surface area (Å²) in [6.45, 7) is 5.65. The molecule has 1 aromatic rings. The average Bonchev–Trinajstić information content (AvgIpc) is 2.38. The van der Waals surface area contributed by atoms with Gasteiger partial charge < -0.3 is 10.0 Å². The van der Waals surface area contributed by atoms with Crippen LogP contribution in [0.3, 0.4) is 0 Å². The molecule has 0 aliphatic carbocycles. The lowest BCUT2D eigenvalue weighted by molar-refractivity contribution is 0.268. The van der Waals surface area contributed by atoms with Gasteiger partial charge in [0.15, 0.2) is 0 Å². The molecule has 0 aromatic heterocycles. The topological polar surface area (TPSA) is 69.6 Å². The SMILES string of the molecule is CC(C)N(C)CCCCNS(=O)(=O)c1ccc(O)cc1. The van der Waals surface area contributed by atoms with Gasteiger partial charge >= 0.3 is 0 Å². The van der Waals surface area contributed by atoms with Gasteiger partial charge in [-0.1, -0.05) is 0 Å². The van der Waals surface area contributed by atoms with E-state index >= 15 is 0 Å². The van der Waals surface area contributed by atoms with Gasteiger partial charge in [0, 0.05) is 12.6 Å². The third kappa shape index (κ3) is 5.48. The largest absolute Gasteiger partial charge is 0.508 e. The van der Waals surface area contributed by atoms with Crippen molar-refractivity contribution in [3.05, 3.63) is 24.3 Å². The fourth-order valence-corrected chi connectivity index (χ4v) is 2.73. The minimum Gasteiger partial charge on any atom is -0.508 e. The summed E-state index contributed by atoms with van der Waals surface area (Å²) >= 11 is 0. The van der Waals surface area contributed by atoms with Crippen molar-refractivity contribution in [2.24, 2.45) is 0 Å². The standard InChI is InChI=1S/C14H24N2O3S/c1-12(2)16(3)11-5-4-10-15-20(18,19)14-8-6-13(17)7-9-14/h6-9,12,15,17H,4-5,10-11H2,1-3H3. The highest BCUT2D eigenvalue weighted by atomic mass is 32.2. The van der Waals surface area contributed by atoms with Crippen molar-refractivity contribution in [3.8, 4) is 5.75 Å². The maximum absolute atomic E-state index is 11.9. The summed E-state index contributed by atoms with van der Waals surface area (Å²) in [5.41, 5.74) is 0. The number of rotatable bonds is 8. The molecule has 6 heteroatoms. The monoisotopic (exact) mass is 300 g/mol. The van der Waals surface area contributed by atoms with Gasteiger partial charge in [-0.3, -0.25) is 0 Å². The number of phenolic OH excluding ortho intramolecular Hbond substituents is 1. The third-order valence-corrected chi connectivity index (χ3v) is 4.74. The van der Waals surface area contributed by atoms with Crippen molar-refractivity contribution < 1.29 is 13.5 Å². The lowest BCUT2D eigenvalue weighted by atomic mass is 10.2. The number of unbranched alkanes of at least 4 members (excludes halogenated alkanes) is 1. The quantitative estimate of drug-likeness (QED) is 0.718. The average molecular weight is 300 g/mol. The van der Waals surface area contributed by atoms with Crippen LogP contribution in [0.2, 0.25) is 0 Å². The number of benzene rings is 1. The van der Waals surface area contributed by atoms with Crippen LogP contribution < -0.4 is 4.72 Å². The molecule has 0 amide bonds. The molecule has 0 saturated heterocycles. The van der Waals surface area contributed by atoms with Gasteiger partial charge in [-0.05, 0) is 64.5 Å². The van der Waals surface area contributed by atoms with E-state index in [9.17, 15) is 8.42 Å². The summed E-state index contributed by atoms with van der Waals surface area (Å²) in [6, 6.07) is 6.02. The summed E-state index contributed by atoms with van der Waals surface area (Å²) < 4.78 is 26.5. The molecule has 0 spiro atoms. The van der Waals surface area contributed by atoms with Gasteiger partial charge in [0.2, 0.25) is 10.0 Å². The zero-order chi connectivity index (χ0) is 15.2. The Balaban J connectivity index is 2.36. The van der Waals surface area contributed by atoms with Crippen molar-refractivity contribution in [3.63, 3.8) is 0 Å². The van der Waals surface area contributed by atoms with Crippen LogP contribution in [0.15, 0.2) is 29.2 Å². The zero-order valence-electron chi connectivity index (χ0n) is 12.3. The van der Waals surface area contributed by atoms with E-state index in [1.807, 2.05) is 0 Å². The van der Waals surface area contributed by atoms with Crippen LogP contribution in [0.4, 0.5) is 0 Å². The Bertz CT molecular complexity index is 498. The van der Waals surface area contributed by atoms with Gasteiger partial charge in [-0.25, -0.2) is 13.1 Å². The van der Waals surface area contributed by atoms with Crippen LogP contribution in [0.25, 0.3) is 0 Å². The normalized spacial score (nSPS) is 12.2. The van der Waals surface area contributed by atoms with Crippen LogP contribution in [0.1, 0.15) is 26.7 Å². The Morgan fingerprint density at radius 3 is 2.35 bits per heavy atom. The second-order valence-electron chi connectivity index (χ2n) is 5.17. The van der Waals surface area contributed by atoms with E-state index < -0.39 is 10.0 Å². The summed E-state index contributed by atoms with van der Waals surface area (Å²) in [5.74, 6) is 0.0562. The summed E-state index contributed by atoms with van der Waals surface area (Å²) in [6.07, 6.45) is 1.75. The van der Waals surface area contributed by atoms with Crippen LogP contribution in [-0.4, -0.2) is 44.6 Å². The van der Waals surface area contributed by atoms with Crippen LogP contribution >= 0.6 is 0 Å². The first kappa shape index (κ1) is 16.9. The Morgan fingerprint density at radius 2 is 1.80 bits per heavy atom. The molecular formula is C14H24N2O3S. The fourth-order valence-electron chi connectivity index (χ4n) is 1.66. The van der Waals surface area contributed by atoms with E-state index in [-0.39, 0.29) is 10.6 Å². The van der Waals surface area contributed by atoms with Crippen LogP contribution in [-0.2, 0) is 10.0 Å². The van der Waals surface area contributed by atoms with E-state index in [0.29, 0.717) is 12.6 Å². The molecule has 1 aromatic carbocycles. The van der Waals surface area contributed by atoms with Crippen LogP contribution in [0.5, 0.6) is 5.75 Å². The first-order valence-corrected chi connectivity index (χ1v) is 8.30. The number of aromatic hydroxyl groups is 1. The molecular weight excluding hydrogens is 276 g/mol. The highest BCUT2D eigenvalue weighted by Crippen LogP contribution is 2.14. The van der Waals surface area contributed by atoms with E-state index in [1.54, 1.807) is 0 Å². The van der Waals surface area contributed by atoms with Gasteiger partial charge in [0.25, 0.3) is 0 Å². The maximum atomic E-state index is 11.9. The number of hydrogen-bond donors (Lipinski definition) is 2. The molecule has 1 rings (SSSR count). The molecule has 0 aliphatic heterocycles. The highest BCUT2D eigenvalue weighted by molar-refractivity contribution is 7.89. The number of nitrogens with zero attached hydrogens (tertiary/aromatic N) is 1. The molecule has 2 N–H and O–H groups in total. The molecule has 0 fully saturated rings. The van der Waals surface area contributed by atoms with Gasteiger partial charge in [0.05, 0.1) is 4.90 Å². The lowest BCUT2D eigenvalue weighted by Gasteiger charge is -2.20. The summed E-state index contributed by atoms with van der Waals surface area (Å²) in [7, 11) is -1.41. The molecule has 0 aliphatic rings. The van der Waals surface area contributed by atoms with Crippen molar-refractivity contribution in [2.45, 2.75) is 37.6 Å². The van der Waals surface area contributed by atoms with Crippen LogP contribution in [0, 0.1) is 0 Å². The van der Waals surface area contributed by atoms with Gasteiger partial charge in [-0.15, -0.1) is 0 Å². The molecule has 0 bridgehead atoms. The second kappa shape index (κ2) is 7.61. The molecule has 5 nitrogen and oxygen atoms in total. The summed E-state index contributed by atoms with van der Waals surface area (Å²) in [4.78, 5) is 2.41. The number of hydrogen-bond acceptors (Lipinski definition) is 4. The number of nitrogens with one attached hydrogen (secondary N) is 1. The maximum Gasteiger partial charge on any atom is 0.240 e. The van der Waals surface area contributed by atoms with E-state index in [2.05, 4.69) is 30.5 Å². The van der Waals surface area contributed by atoms with Gasteiger partial charge in [-0.2, -0.15) is 0 Å². The van der Waals surface area contributed by atoms with E-state index in [0.717, 1.165) is 19.4 Å². The second-order valence-corrected chi connectivity index (χ2v) is 6.94. The summed E-state index contributed by atoms with van der Waals surface area (Å²) in [5, 5.41) is 9.15. The number of sulfonamides is 1. The lowest BCUT2D eigenvalue weighted by Crippen LogP contribution is -2.29. The van der Waals surface area contributed by atoms with Crippen molar-refractivity contribution in [1.82, 2.24) is 9.62 Å². The highest BCUT2D eigenvalue weighted by Gasteiger charge is 2.12. The molecule has 20 heavy (non-hydrogen) atoms. The minimum absolute atomic E-state index is 0.0562. The smallest absolute Gasteiger partial charge is 0.240 e. The minimum atomic E-state index is -3.47. The zero-order valence-corrected chi connectivity index (χ0v) is 13.2. The van der Waals surface area contributed by atoms with Crippen molar-refractivity contribution in [2.75, 3.05) is 20.1 Å². The Kier molecular flexibility index (Phi) is 6.45. The molecule has 0 radical (unpaired) electrons. The first-order chi connectivity index (χ1) is 9.33. The predicted molar refractivity (Wildman–Crippen MR) is 80.3 cm³/mol. The number of phenols is 1. The third-order valence-electron chi connectivity index (χ3n) is 3.26.